The van der Waals surface area contributed by atoms with E-state index < -0.39 is 5.82 Å². The SMILES string of the molecule is CC1(C)CN(C(=O)c2cc(F)cc(Br)c2)CCC1N.Cl. The van der Waals surface area contributed by atoms with Crippen molar-refractivity contribution in [2.75, 3.05) is 13.1 Å². The first-order chi connectivity index (χ1) is 8.79. The summed E-state index contributed by atoms with van der Waals surface area (Å²) in [6, 6.07) is 4.35. The Labute approximate surface area is 133 Å². The normalized spacial score (nSPS) is 21.2. The predicted molar refractivity (Wildman–Crippen MR) is 83.6 cm³/mol. The van der Waals surface area contributed by atoms with E-state index in [0.717, 1.165) is 6.42 Å². The smallest absolute Gasteiger partial charge is 0.254 e. The maximum atomic E-state index is 13.3. The summed E-state index contributed by atoms with van der Waals surface area (Å²) in [6.07, 6.45) is 0.773. The Hall–Kier alpha value is -0.650. The number of likely N-dealkylation sites (tertiary alicyclic amines) is 1. The summed E-state index contributed by atoms with van der Waals surface area (Å²) in [6.45, 7) is 5.33. The minimum Gasteiger partial charge on any atom is -0.338 e. The van der Waals surface area contributed by atoms with Gasteiger partial charge in [-0.25, -0.2) is 4.39 Å². The molecule has 0 aromatic heterocycles. The van der Waals surface area contributed by atoms with Crippen LogP contribution in [0.25, 0.3) is 0 Å². The van der Waals surface area contributed by atoms with Gasteiger partial charge in [-0.15, -0.1) is 12.4 Å². The van der Waals surface area contributed by atoms with Crippen molar-refractivity contribution in [2.24, 2.45) is 11.1 Å². The molecule has 1 amide bonds. The maximum Gasteiger partial charge on any atom is 0.254 e. The lowest BCUT2D eigenvalue weighted by Crippen LogP contribution is -2.54. The molecular weight excluding hydrogens is 347 g/mol. The largest absolute Gasteiger partial charge is 0.338 e. The summed E-state index contributed by atoms with van der Waals surface area (Å²) in [5.74, 6) is -0.550. The zero-order valence-electron chi connectivity index (χ0n) is 11.5. The zero-order valence-corrected chi connectivity index (χ0v) is 13.9. The van der Waals surface area contributed by atoms with E-state index in [2.05, 4.69) is 29.8 Å². The number of hydrogen-bond acceptors (Lipinski definition) is 2. The summed E-state index contributed by atoms with van der Waals surface area (Å²) in [5, 5.41) is 0. The summed E-state index contributed by atoms with van der Waals surface area (Å²) in [4.78, 5) is 14.2. The van der Waals surface area contributed by atoms with Crippen molar-refractivity contribution < 1.29 is 9.18 Å². The minimum atomic E-state index is -0.411. The highest BCUT2D eigenvalue weighted by Crippen LogP contribution is 2.29. The van der Waals surface area contributed by atoms with Gasteiger partial charge in [0.2, 0.25) is 0 Å². The molecule has 1 fully saturated rings. The van der Waals surface area contributed by atoms with Gasteiger partial charge in [-0.1, -0.05) is 29.8 Å². The van der Waals surface area contributed by atoms with Crippen molar-refractivity contribution in [3.8, 4) is 0 Å². The number of amides is 1. The van der Waals surface area contributed by atoms with E-state index in [9.17, 15) is 9.18 Å². The fourth-order valence-electron chi connectivity index (χ4n) is 2.41. The van der Waals surface area contributed by atoms with E-state index in [1.54, 1.807) is 11.0 Å². The number of piperidine rings is 1. The Morgan fingerprint density at radius 1 is 1.45 bits per heavy atom. The third-order valence-electron chi connectivity index (χ3n) is 3.71. The first-order valence-corrected chi connectivity index (χ1v) is 7.10. The van der Waals surface area contributed by atoms with E-state index in [0.29, 0.717) is 23.1 Å². The molecule has 3 nitrogen and oxygen atoms in total. The number of nitrogens with two attached hydrogens (primary N) is 1. The minimum absolute atomic E-state index is 0. The third kappa shape index (κ3) is 3.71. The molecule has 1 unspecified atom stereocenters. The van der Waals surface area contributed by atoms with E-state index in [1.807, 2.05) is 0 Å². The lowest BCUT2D eigenvalue weighted by molar-refractivity contribution is 0.0532. The molecule has 1 aliphatic heterocycles. The van der Waals surface area contributed by atoms with Gasteiger partial charge in [0, 0.05) is 29.2 Å². The van der Waals surface area contributed by atoms with Crippen LogP contribution < -0.4 is 5.73 Å². The van der Waals surface area contributed by atoms with Crippen LogP contribution in [0.5, 0.6) is 0 Å². The second kappa shape index (κ2) is 6.41. The number of rotatable bonds is 1. The molecule has 1 aliphatic rings. The Bertz CT molecular complexity index is 490. The number of carbonyl (C=O) groups excluding carboxylic acids is 1. The highest BCUT2D eigenvalue weighted by molar-refractivity contribution is 9.10. The van der Waals surface area contributed by atoms with Crippen molar-refractivity contribution in [1.29, 1.82) is 0 Å². The quantitative estimate of drug-likeness (QED) is 0.830. The van der Waals surface area contributed by atoms with Crippen LogP contribution in [0.4, 0.5) is 4.39 Å². The van der Waals surface area contributed by atoms with Crippen LogP contribution in [-0.2, 0) is 0 Å². The van der Waals surface area contributed by atoms with Crippen LogP contribution in [0.15, 0.2) is 22.7 Å². The monoisotopic (exact) mass is 364 g/mol. The third-order valence-corrected chi connectivity index (χ3v) is 4.17. The topological polar surface area (TPSA) is 46.3 Å². The van der Waals surface area contributed by atoms with Gasteiger partial charge < -0.3 is 10.6 Å². The molecule has 0 bridgehead atoms. The molecule has 6 heteroatoms. The highest BCUT2D eigenvalue weighted by atomic mass is 79.9. The number of nitrogens with zero attached hydrogens (tertiary/aromatic N) is 1. The standard InChI is InChI=1S/C14H18BrFN2O.ClH/c1-14(2)8-18(4-3-12(14)17)13(19)9-5-10(15)7-11(16)6-9;/h5-7,12H,3-4,8,17H2,1-2H3;1H. The van der Waals surface area contributed by atoms with E-state index in [-0.39, 0.29) is 29.8 Å². The molecule has 2 N–H and O–H groups in total. The Morgan fingerprint density at radius 2 is 2.10 bits per heavy atom. The lowest BCUT2D eigenvalue weighted by Gasteiger charge is -2.42. The first kappa shape index (κ1) is 17.4. The average Bonchev–Trinajstić information content (AvgIpc) is 2.30. The number of hydrogen-bond donors (Lipinski definition) is 1. The molecule has 1 aromatic carbocycles. The van der Waals surface area contributed by atoms with Gasteiger partial charge in [0.1, 0.15) is 5.82 Å². The van der Waals surface area contributed by atoms with Gasteiger partial charge in [-0.2, -0.15) is 0 Å². The lowest BCUT2D eigenvalue weighted by atomic mass is 9.79. The molecule has 0 spiro atoms. The van der Waals surface area contributed by atoms with Gasteiger partial charge in [0.05, 0.1) is 0 Å². The molecule has 2 rings (SSSR count). The molecular formula is C14H19BrClFN2O. The Morgan fingerprint density at radius 3 is 2.65 bits per heavy atom. The fraction of sp³-hybridized carbons (Fsp3) is 0.500. The van der Waals surface area contributed by atoms with Crippen molar-refractivity contribution in [2.45, 2.75) is 26.3 Å². The number of halogens is 3. The van der Waals surface area contributed by atoms with Crippen LogP contribution >= 0.6 is 28.3 Å². The molecule has 112 valence electrons. The van der Waals surface area contributed by atoms with Gasteiger partial charge in [-0.05, 0) is 30.0 Å². The van der Waals surface area contributed by atoms with E-state index >= 15 is 0 Å². The Balaban J connectivity index is 0.00000200. The van der Waals surface area contributed by atoms with Gasteiger partial charge in [0.25, 0.3) is 5.91 Å². The summed E-state index contributed by atoms with van der Waals surface area (Å²) in [7, 11) is 0. The molecule has 0 aliphatic carbocycles. The van der Waals surface area contributed by atoms with Gasteiger partial charge in [-0.3, -0.25) is 4.79 Å². The molecule has 1 saturated heterocycles. The van der Waals surface area contributed by atoms with Crippen LogP contribution in [0.1, 0.15) is 30.6 Å². The van der Waals surface area contributed by atoms with Crippen LogP contribution in [0.3, 0.4) is 0 Å². The summed E-state index contributed by atoms with van der Waals surface area (Å²) >= 11 is 3.21. The van der Waals surface area contributed by atoms with Crippen LogP contribution in [-0.4, -0.2) is 29.9 Å². The number of benzene rings is 1. The Kier molecular flexibility index (Phi) is 5.58. The number of carbonyl (C=O) groups is 1. The molecule has 20 heavy (non-hydrogen) atoms. The van der Waals surface area contributed by atoms with Gasteiger partial charge in [0.15, 0.2) is 0 Å². The van der Waals surface area contributed by atoms with E-state index in [1.165, 1.54) is 12.1 Å². The van der Waals surface area contributed by atoms with Crippen molar-refractivity contribution in [1.82, 2.24) is 4.90 Å². The second-order valence-electron chi connectivity index (χ2n) is 5.77. The second-order valence-corrected chi connectivity index (χ2v) is 6.68. The van der Waals surface area contributed by atoms with Gasteiger partial charge >= 0.3 is 0 Å². The van der Waals surface area contributed by atoms with Crippen LogP contribution in [0, 0.1) is 11.2 Å². The maximum absolute atomic E-state index is 13.3. The van der Waals surface area contributed by atoms with Crippen LogP contribution in [0.2, 0.25) is 0 Å². The van der Waals surface area contributed by atoms with Crippen molar-refractivity contribution in [3.05, 3.63) is 34.1 Å². The fourth-order valence-corrected chi connectivity index (χ4v) is 2.87. The summed E-state index contributed by atoms with van der Waals surface area (Å²) < 4.78 is 13.9. The average molecular weight is 366 g/mol. The molecule has 0 radical (unpaired) electrons. The van der Waals surface area contributed by atoms with Crippen molar-refractivity contribution >= 4 is 34.2 Å². The summed E-state index contributed by atoms with van der Waals surface area (Å²) in [5.41, 5.74) is 6.32. The molecule has 0 saturated carbocycles. The highest BCUT2D eigenvalue weighted by Gasteiger charge is 2.35. The predicted octanol–water partition coefficient (Wildman–Crippen LogP) is 3.21. The molecule has 1 atom stereocenters. The first-order valence-electron chi connectivity index (χ1n) is 6.30. The van der Waals surface area contributed by atoms with E-state index in [4.69, 9.17) is 5.73 Å². The molecule has 1 heterocycles. The van der Waals surface area contributed by atoms with Crippen molar-refractivity contribution in [3.63, 3.8) is 0 Å². The zero-order chi connectivity index (χ0) is 14.2. The molecule has 1 aromatic rings.